The third-order valence-corrected chi connectivity index (χ3v) is 0.448. The molecule has 0 saturated heterocycles. The van der Waals surface area contributed by atoms with Crippen LogP contribution in [0.5, 0.6) is 0 Å². The van der Waals surface area contributed by atoms with E-state index in [4.69, 9.17) is 4.89 Å². The fraction of sp³-hybridized carbons (Fsp3) is 0. The van der Waals surface area contributed by atoms with Crippen LogP contribution in [-0.4, -0.2) is 4.89 Å². The third kappa shape index (κ3) is 2.44. The highest BCUT2D eigenvalue weighted by atomic mass is 31.2. The molecule has 0 aromatic carbocycles. The Morgan fingerprint density at radius 2 is 2.33 bits per heavy atom. The fourth-order valence-corrected chi connectivity index (χ4v) is 0.0488. The quantitative estimate of drug-likeness (QED) is 0.392. The average Bonchev–Trinajstić information content (AvgIpc) is 1.65. The molecule has 0 saturated carbocycles. The first kappa shape index (κ1) is 6.20. The van der Waals surface area contributed by atoms with E-state index in [0.717, 1.165) is 0 Å². The molecular weight excluding hydrogens is 112 g/mol. The van der Waals surface area contributed by atoms with Gasteiger partial charge in [0.2, 0.25) is 0 Å². The highest BCUT2D eigenvalue weighted by molar-refractivity contribution is 7.40. The molecule has 1 unspecified atom stereocenters. The maximum atomic E-state index is 10.5. The third-order valence-electron chi connectivity index (χ3n) is 0.149. The average molecular weight is 115 g/mol. The minimum atomic E-state index is -2.47. The van der Waals surface area contributed by atoms with Gasteiger partial charge in [0.05, 0.1) is 0 Å². The van der Waals surface area contributed by atoms with Gasteiger partial charge < -0.3 is 4.89 Å². The zero-order valence-corrected chi connectivity index (χ0v) is 3.56. The molecular formula is H3FNO3P. The Balaban J connectivity index is 2.75. The van der Waals surface area contributed by atoms with E-state index in [2.05, 4.69) is 15.2 Å². The Bertz CT molecular complexity index is 30.0. The number of hydrogen-bond acceptors (Lipinski definition) is 4. The molecule has 6 heteroatoms. The minimum absolute atomic E-state index is 2.47. The highest BCUT2D eigenvalue weighted by Crippen LogP contribution is 2.29. The zero-order chi connectivity index (χ0) is 4.99. The van der Waals surface area contributed by atoms with E-state index in [1.807, 2.05) is 0 Å². The van der Waals surface area contributed by atoms with Crippen LogP contribution in [0.2, 0.25) is 0 Å². The van der Waals surface area contributed by atoms with Crippen LogP contribution in [0.1, 0.15) is 0 Å². The van der Waals surface area contributed by atoms with E-state index in [0.29, 0.717) is 0 Å². The van der Waals surface area contributed by atoms with Crippen LogP contribution in [0.3, 0.4) is 0 Å². The largest absolute Gasteiger partial charge is 0.383 e. The van der Waals surface area contributed by atoms with Crippen LogP contribution in [-0.2, 0) is 9.35 Å². The van der Waals surface area contributed by atoms with Crippen molar-refractivity contribution >= 4 is 8.60 Å². The van der Waals surface area contributed by atoms with Crippen LogP contribution in [0.4, 0.5) is 4.53 Å². The summed E-state index contributed by atoms with van der Waals surface area (Å²) in [6, 6.07) is 0. The normalized spacial score (nSPS) is 14.5. The van der Waals surface area contributed by atoms with Crippen LogP contribution >= 0.6 is 8.60 Å². The van der Waals surface area contributed by atoms with E-state index < -0.39 is 8.60 Å². The van der Waals surface area contributed by atoms with Crippen LogP contribution < -0.4 is 5.90 Å². The molecule has 0 amide bonds. The number of rotatable bonds is 2. The van der Waals surface area contributed by atoms with Gasteiger partial charge in [0.1, 0.15) is 0 Å². The standard InChI is InChI=1S/FH3NO3P/c1-4-6(3)5-2/h3H,2H2. The van der Waals surface area contributed by atoms with Gasteiger partial charge in [-0.15, -0.1) is 4.73 Å². The molecule has 3 N–H and O–H groups in total. The van der Waals surface area contributed by atoms with Gasteiger partial charge in [0.25, 0.3) is 0 Å². The molecule has 38 valence electrons. The number of nitrogens with two attached hydrogens (primary N) is 1. The molecule has 0 heterocycles. The van der Waals surface area contributed by atoms with Gasteiger partial charge in [-0.25, -0.2) is 10.5 Å². The van der Waals surface area contributed by atoms with Gasteiger partial charge in [-0.2, -0.15) is 0 Å². The van der Waals surface area contributed by atoms with Crippen molar-refractivity contribution in [1.82, 2.24) is 0 Å². The van der Waals surface area contributed by atoms with E-state index >= 15 is 0 Å². The molecule has 4 nitrogen and oxygen atoms in total. The molecule has 0 aromatic heterocycles. The van der Waals surface area contributed by atoms with Crippen LogP contribution in [0, 0.1) is 0 Å². The van der Waals surface area contributed by atoms with E-state index in [-0.39, 0.29) is 0 Å². The highest BCUT2D eigenvalue weighted by Gasteiger charge is 2.00. The van der Waals surface area contributed by atoms with Gasteiger partial charge in [-0.3, -0.25) is 0 Å². The first-order chi connectivity index (χ1) is 2.81. The SMILES string of the molecule is NOP(O)OF. The van der Waals surface area contributed by atoms with E-state index in [9.17, 15) is 4.53 Å². The fourth-order valence-electron chi connectivity index (χ4n) is 0.0163. The van der Waals surface area contributed by atoms with Crippen LogP contribution in [0.15, 0.2) is 0 Å². The summed E-state index contributed by atoms with van der Waals surface area (Å²) >= 11 is 0. The maximum absolute atomic E-state index is 10.5. The lowest BCUT2D eigenvalue weighted by Crippen LogP contribution is -1.90. The summed E-state index contributed by atoms with van der Waals surface area (Å²) in [6.45, 7) is 0. The van der Waals surface area contributed by atoms with E-state index in [1.165, 1.54) is 0 Å². The molecule has 1 atom stereocenters. The second kappa shape index (κ2) is 3.39. The van der Waals surface area contributed by atoms with Crippen LogP contribution in [0.25, 0.3) is 0 Å². The number of hydrogen-bond donors (Lipinski definition) is 2. The van der Waals surface area contributed by atoms with Crippen molar-refractivity contribution < 1.29 is 18.8 Å². The van der Waals surface area contributed by atoms with Crippen molar-refractivity contribution in [3.05, 3.63) is 0 Å². The van der Waals surface area contributed by atoms with Gasteiger partial charge in [0, 0.05) is 0 Å². The summed E-state index contributed by atoms with van der Waals surface area (Å²) < 4.78 is 16.6. The van der Waals surface area contributed by atoms with Gasteiger partial charge in [0.15, 0.2) is 0 Å². The van der Waals surface area contributed by atoms with Gasteiger partial charge >= 0.3 is 8.60 Å². The minimum Gasteiger partial charge on any atom is -0.325 e. The Kier molecular flexibility index (Phi) is 3.51. The number of halogens is 1. The first-order valence-corrected chi connectivity index (χ1v) is 2.09. The van der Waals surface area contributed by atoms with Crippen molar-refractivity contribution in [1.29, 1.82) is 0 Å². The van der Waals surface area contributed by atoms with Crippen molar-refractivity contribution in [2.45, 2.75) is 0 Å². The molecule has 0 aliphatic heterocycles. The van der Waals surface area contributed by atoms with Crippen molar-refractivity contribution in [3.63, 3.8) is 0 Å². The van der Waals surface area contributed by atoms with Crippen molar-refractivity contribution in [2.24, 2.45) is 5.90 Å². The summed E-state index contributed by atoms with van der Waals surface area (Å²) in [5.74, 6) is 4.20. The molecule has 0 radical (unpaired) electrons. The van der Waals surface area contributed by atoms with Crippen molar-refractivity contribution in [2.75, 3.05) is 0 Å². The lowest BCUT2D eigenvalue weighted by Gasteiger charge is -1.92. The Hall–Kier alpha value is 0.200. The zero-order valence-electron chi connectivity index (χ0n) is 2.67. The van der Waals surface area contributed by atoms with E-state index in [1.54, 1.807) is 0 Å². The summed E-state index contributed by atoms with van der Waals surface area (Å²) in [4.78, 5) is 7.79. The maximum Gasteiger partial charge on any atom is 0.383 e. The monoisotopic (exact) mass is 115 g/mol. The molecule has 0 rings (SSSR count). The Labute approximate surface area is 34.5 Å². The predicted octanol–water partition coefficient (Wildman–Crippen LogP) is -0.00300. The Morgan fingerprint density at radius 3 is 2.33 bits per heavy atom. The molecule has 0 aliphatic rings. The van der Waals surface area contributed by atoms with Gasteiger partial charge in [-0.05, 0) is 4.53 Å². The Morgan fingerprint density at radius 1 is 1.83 bits per heavy atom. The molecule has 0 fully saturated rings. The topological polar surface area (TPSA) is 64.7 Å². The summed E-state index contributed by atoms with van der Waals surface area (Å²) in [6.07, 6.45) is 0. The summed E-state index contributed by atoms with van der Waals surface area (Å²) in [5, 5.41) is 0. The predicted molar refractivity (Wildman–Crippen MR) is 16.6 cm³/mol. The second-order valence-corrected chi connectivity index (χ2v) is 1.24. The summed E-state index contributed by atoms with van der Waals surface area (Å²) in [7, 11) is -2.47. The van der Waals surface area contributed by atoms with Gasteiger partial charge in [-0.1, -0.05) is 0 Å². The lowest BCUT2D eigenvalue weighted by molar-refractivity contribution is -0.0277. The molecule has 6 heavy (non-hydrogen) atoms. The molecule has 0 spiro atoms. The summed E-state index contributed by atoms with van der Waals surface area (Å²) in [5.41, 5.74) is 0. The molecule has 0 aliphatic carbocycles. The second-order valence-electron chi connectivity index (χ2n) is 0.412. The molecule has 0 aromatic rings. The first-order valence-electron chi connectivity index (χ1n) is 0.955. The lowest BCUT2D eigenvalue weighted by atomic mass is 13.6. The molecule has 0 bridgehead atoms. The van der Waals surface area contributed by atoms with Crippen molar-refractivity contribution in [3.8, 4) is 0 Å². The smallest absolute Gasteiger partial charge is 0.325 e.